The summed E-state index contributed by atoms with van der Waals surface area (Å²) in [5.74, 6) is -2.75. The molecule has 2 heterocycles. The lowest BCUT2D eigenvalue weighted by Gasteiger charge is -2.29. The summed E-state index contributed by atoms with van der Waals surface area (Å²) < 4.78 is 45.2. The number of benzene rings is 4. The zero-order chi connectivity index (χ0) is 38.8. The monoisotopic (exact) mass is 736 g/mol. The molecule has 276 valence electrons. The van der Waals surface area contributed by atoms with Crippen molar-refractivity contribution in [1.29, 1.82) is 0 Å². The van der Waals surface area contributed by atoms with Crippen LogP contribution >= 0.6 is 0 Å². The molecule has 0 spiro atoms. The van der Waals surface area contributed by atoms with E-state index in [1.54, 1.807) is 42.5 Å². The Labute approximate surface area is 307 Å². The van der Waals surface area contributed by atoms with E-state index in [4.69, 9.17) is 37.6 Å². The van der Waals surface area contributed by atoms with Crippen LogP contribution < -0.4 is 38.6 Å². The molecule has 0 amide bonds. The van der Waals surface area contributed by atoms with Crippen molar-refractivity contribution in [2.45, 2.75) is 40.2 Å². The van der Waals surface area contributed by atoms with Gasteiger partial charge in [-0.05, 0) is 35.9 Å². The molecule has 1 atom stereocenters. The molecule has 0 radical (unpaired) electrons. The van der Waals surface area contributed by atoms with Gasteiger partial charge in [0.1, 0.15) is 62.9 Å². The average Bonchev–Trinajstić information content (AvgIpc) is 3.10. The Morgan fingerprint density at radius 3 is 1.94 bits per heavy atom. The molecule has 0 N–H and O–H groups in total. The van der Waals surface area contributed by atoms with Gasteiger partial charge in [-0.2, -0.15) is 0 Å². The maximum atomic E-state index is 14.0. The van der Waals surface area contributed by atoms with E-state index in [0.29, 0.717) is 16.9 Å². The lowest BCUT2D eigenvalue weighted by molar-refractivity contribution is -0.133. The molecule has 0 unspecified atom stereocenters. The van der Waals surface area contributed by atoms with Crippen LogP contribution in [0.15, 0.2) is 75.9 Å². The molecule has 0 bridgehead atoms. The van der Waals surface area contributed by atoms with Crippen LogP contribution in [0.5, 0.6) is 40.2 Å². The Morgan fingerprint density at radius 1 is 0.648 bits per heavy atom. The molecule has 54 heavy (non-hydrogen) atoms. The highest BCUT2D eigenvalue weighted by molar-refractivity contribution is 6.07. The lowest BCUT2D eigenvalue weighted by Crippen LogP contribution is -2.22. The Morgan fingerprint density at radius 2 is 1.31 bits per heavy atom. The van der Waals surface area contributed by atoms with Crippen LogP contribution in [0.4, 0.5) is 0 Å². The van der Waals surface area contributed by atoms with E-state index in [2.05, 4.69) is 0 Å². The number of ether oxygens (including phenoxy) is 7. The first-order valence-corrected chi connectivity index (χ1v) is 16.3. The first-order chi connectivity index (χ1) is 25.8. The summed E-state index contributed by atoms with van der Waals surface area (Å²) in [4.78, 5) is 75.8. The Kier molecular flexibility index (Phi) is 10.2. The number of esters is 4. The van der Waals surface area contributed by atoms with Gasteiger partial charge in [0.25, 0.3) is 0 Å². The van der Waals surface area contributed by atoms with E-state index in [1.807, 2.05) is 0 Å². The third kappa shape index (κ3) is 7.48. The van der Waals surface area contributed by atoms with E-state index >= 15 is 0 Å². The van der Waals surface area contributed by atoms with E-state index in [9.17, 15) is 28.8 Å². The number of carbonyl (C=O) groups is 5. The zero-order valence-corrected chi connectivity index (χ0v) is 29.9. The molecular formula is C40H32O14. The van der Waals surface area contributed by atoms with E-state index < -0.39 is 41.2 Å². The summed E-state index contributed by atoms with van der Waals surface area (Å²) in [6.45, 7) is 4.79. The van der Waals surface area contributed by atoms with Crippen LogP contribution in [0.3, 0.4) is 0 Å². The van der Waals surface area contributed by atoms with Crippen LogP contribution in [0.25, 0.3) is 33.4 Å². The second-order valence-electron chi connectivity index (χ2n) is 12.0. The molecule has 1 aliphatic heterocycles. The average molecular weight is 737 g/mol. The van der Waals surface area contributed by atoms with Gasteiger partial charge in [0.2, 0.25) is 0 Å². The quantitative estimate of drug-likeness (QED) is 0.117. The second kappa shape index (κ2) is 14.9. The largest absolute Gasteiger partial charge is 0.496 e. The molecule has 4 aromatic carbocycles. The van der Waals surface area contributed by atoms with Crippen molar-refractivity contribution in [2.75, 3.05) is 14.2 Å². The van der Waals surface area contributed by atoms with Gasteiger partial charge in [-0.1, -0.05) is 12.1 Å². The summed E-state index contributed by atoms with van der Waals surface area (Å²) in [6.07, 6.45) is -0.968. The molecule has 1 aliphatic rings. The topological polar surface area (TPSA) is 180 Å². The molecule has 1 aromatic heterocycles. The van der Waals surface area contributed by atoms with Crippen molar-refractivity contribution in [3.8, 4) is 62.7 Å². The number of carbonyl (C=O) groups excluding carboxylic acids is 5. The Balaban J connectivity index is 1.54. The fraction of sp³-hybridized carbons (Fsp3) is 0.200. The van der Waals surface area contributed by atoms with Crippen LogP contribution in [-0.4, -0.2) is 43.9 Å². The first-order valence-electron chi connectivity index (χ1n) is 16.3. The van der Waals surface area contributed by atoms with Gasteiger partial charge in [-0.25, -0.2) is 0 Å². The Bertz CT molecular complexity index is 2420. The molecule has 14 heteroatoms. The molecule has 0 saturated heterocycles. The Hall–Kier alpha value is -6.96. The number of ketones is 1. The molecule has 0 aliphatic carbocycles. The molecule has 6 rings (SSSR count). The lowest BCUT2D eigenvalue weighted by atomic mass is 9.90. The third-order valence-electron chi connectivity index (χ3n) is 8.15. The normalized spacial score (nSPS) is 13.3. The summed E-state index contributed by atoms with van der Waals surface area (Å²) in [7, 11) is 2.79. The van der Waals surface area contributed by atoms with Crippen molar-refractivity contribution >= 4 is 40.6 Å². The number of hydrogen-bond donors (Lipinski definition) is 0. The highest BCUT2D eigenvalue weighted by Crippen LogP contribution is 2.52. The minimum Gasteiger partial charge on any atom is -0.496 e. The number of methoxy groups -OCH3 is 2. The number of fused-ring (bicyclic) bond motifs is 2. The predicted octanol–water partition coefficient (Wildman–Crippen LogP) is 6.55. The van der Waals surface area contributed by atoms with Crippen molar-refractivity contribution in [3.63, 3.8) is 0 Å². The third-order valence-corrected chi connectivity index (χ3v) is 8.15. The number of Topliss-reactive ketones (excluding diaryl/α,β-unsaturated/α-hetero) is 1. The smallest absolute Gasteiger partial charge is 0.308 e. The molecule has 0 saturated carbocycles. The van der Waals surface area contributed by atoms with Gasteiger partial charge in [0.15, 0.2) is 17.0 Å². The first kappa shape index (κ1) is 36.8. The maximum absolute atomic E-state index is 14.0. The van der Waals surface area contributed by atoms with Crippen LogP contribution in [0, 0.1) is 0 Å². The minimum atomic E-state index is -0.800. The SMILES string of the molecule is COc1cc(OC(C)=O)c2c(=O)cc(-c3ccc(OC)c(-c4c(OC(C)=O)cc5c(c4OC(C)=O)C(=O)C[C@H](c4ccc(OC(C)=O)cc4)O5)c3)oc2c1. The van der Waals surface area contributed by atoms with E-state index in [0.717, 1.165) is 6.92 Å². The van der Waals surface area contributed by atoms with Crippen LogP contribution in [-0.2, 0) is 19.2 Å². The van der Waals surface area contributed by atoms with Crippen LogP contribution in [0.2, 0.25) is 0 Å². The second-order valence-corrected chi connectivity index (χ2v) is 12.0. The maximum Gasteiger partial charge on any atom is 0.308 e. The van der Waals surface area contributed by atoms with Crippen LogP contribution in [0.1, 0.15) is 56.1 Å². The predicted molar refractivity (Wildman–Crippen MR) is 190 cm³/mol. The van der Waals surface area contributed by atoms with Gasteiger partial charge in [-0.3, -0.25) is 28.8 Å². The molecule has 0 fully saturated rings. The van der Waals surface area contributed by atoms with Gasteiger partial charge < -0.3 is 37.6 Å². The van der Waals surface area contributed by atoms with Crippen molar-refractivity contribution in [3.05, 3.63) is 88.1 Å². The summed E-state index contributed by atoms with van der Waals surface area (Å²) in [6, 6.07) is 16.5. The zero-order valence-electron chi connectivity index (χ0n) is 29.9. The summed E-state index contributed by atoms with van der Waals surface area (Å²) >= 11 is 0. The highest BCUT2D eigenvalue weighted by Gasteiger charge is 2.36. The van der Waals surface area contributed by atoms with Crippen molar-refractivity contribution < 1.29 is 61.5 Å². The minimum absolute atomic E-state index is 0.000865. The van der Waals surface area contributed by atoms with Gasteiger partial charge >= 0.3 is 23.9 Å². The fourth-order valence-electron chi connectivity index (χ4n) is 6.05. The van der Waals surface area contributed by atoms with Crippen molar-refractivity contribution in [2.24, 2.45) is 0 Å². The standard InChI is InChI=1S/C40H32O14/c1-19(41)49-25-10-7-23(8-11-25)31-17-29(46)39-36(53-31)18-35(51-21(3)43)37(40(39)52-22(4)44)27-13-24(9-12-30(27)48-6)32-16-28(45)38-33(50-20(2)42)14-26(47-5)15-34(38)54-32/h7-16,18,31H,17H2,1-6H3/t31-/m1/s1. The number of hydrogen-bond acceptors (Lipinski definition) is 14. The van der Waals surface area contributed by atoms with Gasteiger partial charge in [-0.15, -0.1) is 0 Å². The molecular weight excluding hydrogens is 704 g/mol. The molecule has 5 aromatic rings. The summed E-state index contributed by atoms with van der Waals surface area (Å²) in [5, 5.41) is 0.00427. The molecule has 14 nitrogen and oxygen atoms in total. The van der Waals surface area contributed by atoms with E-state index in [1.165, 1.54) is 59.3 Å². The van der Waals surface area contributed by atoms with E-state index in [-0.39, 0.29) is 74.3 Å². The van der Waals surface area contributed by atoms with Gasteiger partial charge in [0, 0.05) is 63.1 Å². The summed E-state index contributed by atoms with van der Waals surface area (Å²) in [5.41, 5.74) is 0.534. The van der Waals surface area contributed by atoms with Crippen molar-refractivity contribution in [1.82, 2.24) is 0 Å². The number of rotatable bonds is 9. The van der Waals surface area contributed by atoms with Gasteiger partial charge in [0.05, 0.1) is 26.2 Å². The fourth-order valence-corrected chi connectivity index (χ4v) is 6.05. The highest BCUT2D eigenvalue weighted by atomic mass is 16.6.